The molecule has 0 saturated carbocycles. The Morgan fingerprint density at radius 3 is 1.93 bits per heavy atom. The quantitative estimate of drug-likeness (QED) is 0.481. The van der Waals surface area contributed by atoms with E-state index in [1.54, 1.807) is 19.0 Å². The third-order valence-electron chi connectivity index (χ3n) is 4.61. The van der Waals surface area contributed by atoms with Gasteiger partial charge in [-0.2, -0.15) is 5.26 Å². The van der Waals surface area contributed by atoms with Gasteiger partial charge in [-0.15, -0.1) is 0 Å². The summed E-state index contributed by atoms with van der Waals surface area (Å²) < 4.78 is 0. The number of benzene rings is 3. The summed E-state index contributed by atoms with van der Waals surface area (Å²) in [5.74, 6) is 0.0260. The molecular formula is C25H22N2O. The first-order chi connectivity index (χ1) is 13.6. The van der Waals surface area contributed by atoms with Crippen LogP contribution >= 0.6 is 0 Å². The summed E-state index contributed by atoms with van der Waals surface area (Å²) >= 11 is 0. The van der Waals surface area contributed by atoms with Gasteiger partial charge in [0, 0.05) is 19.7 Å². The minimum absolute atomic E-state index is 0.0260. The first kappa shape index (κ1) is 19.1. The molecule has 0 aliphatic heterocycles. The van der Waals surface area contributed by atoms with Gasteiger partial charge in [-0.05, 0) is 22.3 Å². The van der Waals surface area contributed by atoms with Gasteiger partial charge in [-0.25, -0.2) is 0 Å². The number of carbonyl (C=O) groups excluding carboxylic acids is 1. The van der Waals surface area contributed by atoms with Gasteiger partial charge in [0.25, 0.3) is 0 Å². The van der Waals surface area contributed by atoms with Gasteiger partial charge in [-0.1, -0.05) is 84.9 Å². The topological polar surface area (TPSA) is 44.1 Å². The monoisotopic (exact) mass is 366 g/mol. The van der Waals surface area contributed by atoms with Crippen LogP contribution in [0.25, 0.3) is 11.1 Å². The van der Waals surface area contributed by atoms with E-state index in [9.17, 15) is 10.1 Å². The van der Waals surface area contributed by atoms with Crippen molar-refractivity contribution < 1.29 is 4.79 Å². The second-order valence-corrected chi connectivity index (χ2v) is 6.72. The molecule has 3 rings (SSSR count). The van der Waals surface area contributed by atoms with Crippen LogP contribution in [0.15, 0.2) is 84.9 Å². The molecule has 138 valence electrons. The van der Waals surface area contributed by atoms with Crippen LogP contribution in [-0.2, 0) is 11.2 Å². The molecule has 0 fully saturated rings. The lowest BCUT2D eigenvalue weighted by Gasteiger charge is -2.17. The van der Waals surface area contributed by atoms with Gasteiger partial charge in [0.05, 0.1) is 12.0 Å². The molecule has 0 unspecified atom stereocenters. The lowest BCUT2D eigenvalue weighted by Crippen LogP contribution is -2.24. The van der Waals surface area contributed by atoms with Crippen molar-refractivity contribution in [1.29, 1.82) is 5.26 Å². The third-order valence-corrected chi connectivity index (χ3v) is 4.61. The Morgan fingerprint density at radius 1 is 0.821 bits per heavy atom. The van der Waals surface area contributed by atoms with Gasteiger partial charge >= 0.3 is 0 Å². The Morgan fingerprint density at radius 2 is 1.36 bits per heavy atom. The number of amides is 1. The van der Waals surface area contributed by atoms with Crippen molar-refractivity contribution in [3.05, 3.63) is 107 Å². The number of carbonyl (C=O) groups is 1. The van der Waals surface area contributed by atoms with Crippen molar-refractivity contribution >= 4 is 17.1 Å². The Balaban J connectivity index is 2.27. The lowest BCUT2D eigenvalue weighted by atomic mass is 9.87. The zero-order valence-corrected chi connectivity index (χ0v) is 16.1. The lowest BCUT2D eigenvalue weighted by molar-refractivity contribution is -0.127. The summed E-state index contributed by atoms with van der Waals surface area (Å²) in [6.45, 7) is 0. The Kier molecular flexibility index (Phi) is 6.04. The number of nitrogens with zero attached hydrogens (tertiary/aromatic N) is 2. The van der Waals surface area contributed by atoms with Crippen LogP contribution in [0.1, 0.15) is 22.3 Å². The Bertz CT molecular complexity index is 1030. The van der Waals surface area contributed by atoms with Gasteiger partial charge in [0.1, 0.15) is 6.07 Å². The standard InChI is InChI=1S/C25H22N2O/c1-27(2)24(28)17-21-15-9-10-16-22(21)25(20-13-7-4-8-14-20)23(18-26)19-11-5-3-6-12-19/h3-16H,17H2,1-2H3/b25-23+. The first-order valence-corrected chi connectivity index (χ1v) is 9.15. The van der Waals surface area contributed by atoms with Crippen LogP contribution in [0.5, 0.6) is 0 Å². The molecule has 0 aliphatic rings. The van der Waals surface area contributed by atoms with Crippen molar-refractivity contribution in [2.75, 3.05) is 14.1 Å². The van der Waals surface area contributed by atoms with Crippen LogP contribution in [0.3, 0.4) is 0 Å². The molecule has 3 aromatic rings. The van der Waals surface area contributed by atoms with Gasteiger partial charge in [0.2, 0.25) is 5.91 Å². The summed E-state index contributed by atoms with van der Waals surface area (Å²) in [5, 5.41) is 10.1. The smallest absolute Gasteiger partial charge is 0.226 e. The van der Waals surface area contributed by atoms with Crippen LogP contribution in [0, 0.1) is 11.3 Å². The van der Waals surface area contributed by atoms with E-state index in [-0.39, 0.29) is 12.3 Å². The molecule has 3 nitrogen and oxygen atoms in total. The van der Waals surface area contributed by atoms with Crippen LogP contribution in [0.4, 0.5) is 0 Å². The van der Waals surface area contributed by atoms with Crippen molar-refractivity contribution in [3.63, 3.8) is 0 Å². The zero-order chi connectivity index (χ0) is 19.9. The van der Waals surface area contributed by atoms with E-state index in [1.165, 1.54) is 0 Å². The predicted molar refractivity (Wildman–Crippen MR) is 113 cm³/mol. The average Bonchev–Trinajstić information content (AvgIpc) is 2.73. The van der Waals surface area contributed by atoms with Crippen molar-refractivity contribution in [2.24, 2.45) is 0 Å². The fraction of sp³-hybridized carbons (Fsp3) is 0.120. The number of rotatable bonds is 5. The fourth-order valence-corrected chi connectivity index (χ4v) is 3.15. The molecule has 0 saturated heterocycles. The highest BCUT2D eigenvalue weighted by Crippen LogP contribution is 2.34. The molecule has 0 atom stereocenters. The van der Waals surface area contributed by atoms with Gasteiger partial charge in [0.15, 0.2) is 0 Å². The number of allylic oxidation sites excluding steroid dienone is 1. The van der Waals surface area contributed by atoms with Crippen molar-refractivity contribution in [1.82, 2.24) is 4.90 Å². The Labute approximate surface area is 166 Å². The summed E-state index contributed by atoms with van der Waals surface area (Å²) in [7, 11) is 3.51. The van der Waals surface area contributed by atoms with Crippen molar-refractivity contribution in [2.45, 2.75) is 6.42 Å². The highest BCUT2D eigenvalue weighted by Gasteiger charge is 2.18. The summed E-state index contributed by atoms with van der Waals surface area (Å²) in [6, 6.07) is 29.8. The molecular weight excluding hydrogens is 344 g/mol. The highest BCUT2D eigenvalue weighted by atomic mass is 16.2. The maximum absolute atomic E-state index is 12.4. The molecule has 3 heteroatoms. The maximum Gasteiger partial charge on any atom is 0.226 e. The van der Waals surface area contributed by atoms with E-state index in [1.807, 2.05) is 84.9 Å². The third kappa shape index (κ3) is 4.19. The van der Waals surface area contributed by atoms with Crippen LogP contribution < -0.4 is 0 Å². The van der Waals surface area contributed by atoms with Crippen LogP contribution in [-0.4, -0.2) is 24.9 Å². The minimum atomic E-state index is 0.0260. The molecule has 0 aliphatic carbocycles. The molecule has 28 heavy (non-hydrogen) atoms. The first-order valence-electron chi connectivity index (χ1n) is 9.15. The average molecular weight is 366 g/mol. The highest BCUT2D eigenvalue weighted by molar-refractivity contribution is 6.04. The second-order valence-electron chi connectivity index (χ2n) is 6.72. The molecule has 0 aromatic heterocycles. The molecule has 0 spiro atoms. The van der Waals surface area contributed by atoms with Gasteiger partial charge < -0.3 is 4.90 Å². The largest absolute Gasteiger partial charge is 0.349 e. The van der Waals surface area contributed by atoms with Crippen molar-refractivity contribution in [3.8, 4) is 6.07 Å². The Hall–Kier alpha value is -3.64. The molecule has 0 heterocycles. The fourth-order valence-electron chi connectivity index (χ4n) is 3.15. The van der Waals surface area contributed by atoms with E-state index in [0.717, 1.165) is 27.8 Å². The molecule has 1 amide bonds. The maximum atomic E-state index is 12.4. The number of hydrogen-bond donors (Lipinski definition) is 0. The summed E-state index contributed by atoms with van der Waals surface area (Å²) in [6.07, 6.45) is 0.285. The molecule has 0 N–H and O–H groups in total. The molecule has 3 aromatic carbocycles. The second kappa shape index (κ2) is 8.83. The zero-order valence-electron chi connectivity index (χ0n) is 16.1. The van der Waals surface area contributed by atoms with E-state index in [2.05, 4.69) is 6.07 Å². The normalized spacial score (nSPS) is 11.3. The van der Waals surface area contributed by atoms with Gasteiger partial charge in [-0.3, -0.25) is 4.79 Å². The van der Waals surface area contributed by atoms with Crippen LogP contribution in [0.2, 0.25) is 0 Å². The van der Waals surface area contributed by atoms with E-state index < -0.39 is 0 Å². The number of nitriles is 1. The molecule has 0 radical (unpaired) electrons. The summed E-state index contributed by atoms with van der Waals surface area (Å²) in [5.41, 5.74) is 5.06. The number of hydrogen-bond acceptors (Lipinski definition) is 2. The van der Waals surface area contributed by atoms with E-state index >= 15 is 0 Å². The SMILES string of the molecule is CN(C)C(=O)Cc1ccccc1/C(=C(\C#N)c1ccccc1)c1ccccc1. The predicted octanol–water partition coefficient (Wildman–Crippen LogP) is 4.80. The number of likely N-dealkylation sites (N-methyl/N-ethyl adjacent to an activating group) is 1. The minimum Gasteiger partial charge on any atom is -0.349 e. The summed E-state index contributed by atoms with van der Waals surface area (Å²) in [4.78, 5) is 14.0. The van der Waals surface area contributed by atoms with E-state index in [0.29, 0.717) is 5.57 Å². The van der Waals surface area contributed by atoms with E-state index in [4.69, 9.17) is 0 Å². The molecule has 0 bridgehead atoms.